The van der Waals surface area contributed by atoms with E-state index in [2.05, 4.69) is 257 Å². The minimum atomic E-state index is -2.38. The van der Waals surface area contributed by atoms with Crippen LogP contribution < -0.4 is 6.54 Å². The monoisotopic (exact) mass is 1430 g/mol. The Morgan fingerprint density at radius 1 is 0.264 bits per heavy atom. The van der Waals surface area contributed by atoms with Crippen LogP contribution in [-0.2, 0) is 60.6 Å². The number of hydrogen-bond acceptors (Lipinski definition) is 4. The first-order chi connectivity index (χ1) is 33.1. The molecule has 0 N–H and O–H groups in total. The predicted octanol–water partition coefficient (Wildman–Crippen LogP) is 16.3. The summed E-state index contributed by atoms with van der Waals surface area (Å²) < 4.78 is 34.5. The van der Waals surface area contributed by atoms with Crippen molar-refractivity contribution in [3.05, 3.63) is 166 Å². The van der Waals surface area contributed by atoms with E-state index < -0.39 is 76.8 Å². The van der Waals surface area contributed by atoms with Gasteiger partial charge in [0.25, 0.3) is 0 Å². The van der Waals surface area contributed by atoms with Gasteiger partial charge in [-0.1, -0.05) is 0 Å². The molecule has 5 aromatic rings. The van der Waals surface area contributed by atoms with E-state index in [0.717, 1.165) is 0 Å². The van der Waals surface area contributed by atoms with Crippen LogP contribution in [0.3, 0.4) is 0 Å². The van der Waals surface area contributed by atoms with Crippen molar-refractivity contribution < 1.29 is 17.7 Å². The summed E-state index contributed by atoms with van der Waals surface area (Å²) in [6.45, 7) is 49.4. The quantitative estimate of drug-likeness (QED) is 0.0647. The van der Waals surface area contributed by atoms with Gasteiger partial charge in [0, 0.05) is 0 Å². The zero-order chi connectivity index (χ0) is 53.6. The van der Waals surface area contributed by atoms with Crippen LogP contribution in [0.5, 0.6) is 0 Å². The van der Waals surface area contributed by atoms with Crippen molar-refractivity contribution in [3.63, 3.8) is 0 Å². The average Bonchev–Trinajstić information content (AvgIpc) is 3.29. The molecule has 0 spiro atoms. The predicted molar refractivity (Wildman–Crippen MR) is 326 cm³/mol. The Hall–Kier alpha value is -1.43. The fraction of sp³-hybridized carbons (Fsp3) is 0.516. The molecule has 0 aliphatic carbocycles. The standard InChI is InChI=1S/4C14H23OSi.C6H4.2Bi/c4*1-12-7-9-13(10-8-12)11-15-16(5,6)14(2,3)4;1-2-4-6-5-3-1;;/h4*7-10H,1,11H2,2-6H3;1-2,5-6H;;. The second-order valence-corrected chi connectivity index (χ2v) is 63.3. The summed E-state index contributed by atoms with van der Waals surface area (Å²) in [6.07, 6.45) is 0. The first-order valence-electron chi connectivity index (χ1n) is 26.6. The Morgan fingerprint density at radius 3 is 0.569 bits per heavy atom. The van der Waals surface area contributed by atoms with E-state index in [4.69, 9.17) is 17.7 Å². The van der Waals surface area contributed by atoms with E-state index in [-0.39, 0.29) is 20.2 Å². The normalized spacial score (nSPS) is 13.6. The van der Waals surface area contributed by atoms with Gasteiger partial charge >= 0.3 is 465 Å². The van der Waals surface area contributed by atoms with Crippen molar-refractivity contribution in [2.45, 2.75) is 199 Å². The van der Waals surface area contributed by atoms with E-state index in [1.165, 1.54) is 61.0 Å². The molecule has 4 nitrogen and oxygen atoms in total. The van der Waals surface area contributed by atoms with Gasteiger partial charge in [-0.3, -0.25) is 0 Å². The van der Waals surface area contributed by atoms with E-state index in [1.807, 2.05) is 0 Å². The summed E-state index contributed by atoms with van der Waals surface area (Å²) in [5.74, 6) is 0. The van der Waals surface area contributed by atoms with Crippen LogP contribution in [0.1, 0.15) is 128 Å². The van der Waals surface area contributed by atoms with Crippen molar-refractivity contribution in [1.29, 1.82) is 0 Å². The molecule has 0 saturated carbocycles. The Balaban J connectivity index is 1.42. The van der Waals surface area contributed by atoms with Gasteiger partial charge in [0.05, 0.1) is 0 Å². The Bertz CT molecular complexity index is 2110. The SMILES string of the molecule is CC(C)(C)[Si](C)(C)OCc1ccc([CH2][Bi]([CH2]c2ccc(CO[Si](C)(C)C(C)(C)C)cc2)[c]2cc[c]([Bi]([CH2]c3ccc(CO[Si](C)(C)C(C)(C)C)cc3)[CH2]c3ccc(CO[Si](C)(C)C(C)(C)C)cc3)cc2)cc1. The van der Waals surface area contributed by atoms with E-state index >= 15 is 0 Å². The molecule has 0 unspecified atom stereocenters. The van der Waals surface area contributed by atoms with Gasteiger partial charge in [-0.15, -0.1) is 0 Å². The third kappa shape index (κ3) is 17.8. The van der Waals surface area contributed by atoms with Crippen LogP contribution in [-0.4, -0.2) is 76.8 Å². The summed E-state index contributed by atoms with van der Waals surface area (Å²) in [5, 5.41) is 0.783. The van der Waals surface area contributed by atoms with Crippen LogP contribution in [0.25, 0.3) is 0 Å². The van der Waals surface area contributed by atoms with Crippen LogP contribution in [0.4, 0.5) is 0 Å². The molecule has 0 aliphatic rings. The third-order valence-corrected chi connectivity index (χ3v) is 54.3. The summed E-state index contributed by atoms with van der Waals surface area (Å²) in [4.78, 5) is 0. The molecular weight excluding hydrogens is 1340 g/mol. The van der Waals surface area contributed by atoms with E-state index in [1.54, 1.807) is 6.54 Å². The fourth-order valence-electron chi connectivity index (χ4n) is 7.12. The van der Waals surface area contributed by atoms with Gasteiger partial charge in [-0.05, 0) is 0 Å². The molecule has 0 radical (unpaired) electrons. The molecule has 0 heterocycles. The Kier molecular flexibility index (Phi) is 21.3. The summed E-state index contributed by atoms with van der Waals surface area (Å²) in [6, 6.07) is 48.0. The molecule has 394 valence electrons. The molecule has 10 heteroatoms. The van der Waals surface area contributed by atoms with Crippen molar-refractivity contribution in [1.82, 2.24) is 0 Å². The summed E-state index contributed by atoms with van der Waals surface area (Å²) in [7, 11) is -7.33. The minimum absolute atomic E-state index is 0.196. The Morgan fingerprint density at radius 2 is 0.417 bits per heavy atom. The molecule has 0 aromatic heterocycles. The van der Waals surface area contributed by atoms with Crippen molar-refractivity contribution in [3.8, 4) is 0 Å². The van der Waals surface area contributed by atoms with Crippen LogP contribution in [0.2, 0.25) is 72.5 Å². The molecule has 0 fully saturated rings. The topological polar surface area (TPSA) is 36.9 Å². The second-order valence-electron chi connectivity index (χ2n) is 26.7. The first-order valence-corrected chi connectivity index (χ1v) is 51.6. The van der Waals surface area contributed by atoms with Gasteiger partial charge in [0.1, 0.15) is 0 Å². The van der Waals surface area contributed by atoms with Crippen molar-refractivity contribution in [2.24, 2.45) is 0 Å². The first kappa shape index (κ1) is 61.4. The molecule has 0 aliphatic heterocycles. The molecule has 72 heavy (non-hydrogen) atoms. The Labute approximate surface area is 461 Å². The number of rotatable bonds is 22. The van der Waals surface area contributed by atoms with Crippen molar-refractivity contribution >= 4 is 83.3 Å². The fourth-order valence-corrected chi connectivity index (χ4v) is 29.2. The molecule has 5 rings (SSSR count). The van der Waals surface area contributed by atoms with Gasteiger partial charge in [0.15, 0.2) is 0 Å². The van der Waals surface area contributed by atoms with Gasteiger partial charge < -0.3 is 0 Å². The van der Waals surface area contributed by atoms with Gasteiger partial charge in [-0.25, -0.2) is 0 Å². The molecule has 0 amide bonds. The second kappa shape index (κ2) is 24.9. The maximum absolute atomic E-state index is 6.63. The van der Waals surface area contributed by atoms with E-state index in [0.29, 0.717) is 26.4 Å². The third-order valence-electron chi connectivity index (χ3n) is 16.8. The molecule has 0 atom stereocenters. The number of hydrogen-bond donors (Lipinski definition) is 0. The summed E-state index contributed by atoms with van der Waals surface area (Å²) in [5.41, 5.74) is 10.9. The molecule has 0 saturated heterocycles. The van der Waals surface area contributed by atoms with Crippen LogP contribution in [0, 0.1) is 0 Å². The molecule has 0 bridgehead atoms. The zero-order valence-corrected chi connectivity index (χ0v) is 59.7. The molecule has 5 aromatic carbocycles. The van der Waals surface area contributed by atoms with E-state index in [9.17, 15) is 0 Å². The average molecular weight is 1440 g/mol. The zero-order valence-electron chi connectivity index (χ0n) is 48.7. The van der Waals surface area contributed by atoms with Gasteiger partial charge in [-0.2, -0.15) is 0 Å². The van der Waals surface area contributed by atoms with Gasteiger partial charge in [0.2, 0.25) is 0 Å². The van der Waals surface area contributed by atoms with Crippen LogP contribution >= 0.6 is 0 Å². The maximum atomic E-state index is 6.63. The van der Waals surface area contributed by atoms with Crippen molar-refractivity contribution in [2.75, 3.05) is 0 Å². The number of benzene rings is 5. The molecular formula is C62H96Bi2O4Si4. The summed E-state index contributed by atoms with van der Waals surface area (Å²) >= 11 is -4.75. The van der Waals surface area contributed by atoms with Crippen LogP contribution in [0.15, 0.2) is 121 Å².